The van der Waals surface area contributed by atoms with Crippen molar-refractivity contribution in [2.75, 3.05) is 38.1 Å². The molecule has 10 nitrogen and oxygen atoms in total. The van der Waals surface area contributed by atoms with E-state index in [9.17, 15) is 36.3 Å². The number of aliphatic hydroxyl groups is 1. The van der Waals surface area contributed by atoms with Crippen molar-refractivity contribution in [2.45, 2.75) is 89.1 Å². The third kappa shape index (κ3) is 11.4. The first-order valence-corrected chi connectivity index (χ1v) is 17.2. The highest BCUT2D eigenvalue weighted by Crippen LogP contribution is 2.30. The van der Waals surface area contributed by atoms with Gasteiger partial charge in [0.1, 0.15) is 5.75 Å². The molecule has 3 rings (SSSR count). The van der Waals surface area contributed by atoms with E-state index in [1.165, 1.54) is 41.1 Å². The molecule has 262 valence electrons. The molecule has 0 saturated heterocycles. The van der Waals surface area contributed by atoms with Gasteiger partial charge in [0.15, 0.2) is 0 Å². The predicted molar refractivity (Wildman–Crippen MR) is 172 cm³/mol. The highest BCUT2D eigenvalue weighted by molar-refractivity contribution is 7.92. The molecule has 1 aliphatic heterocycles. The number of likely N-dealkylation sites (N-methyl/N-ethyl adjacent to an activating group) is 1. The number of rotatable bonds is 9. The van der Waals surface area contributed by atoms with Gasteiger partial charge in [0, 0.05) is 44.8 Å². The van der Waals surface area contributed by atoms with E-state index in [1.54, 1.807) is 32.0 Å². The van der Waals surface area contributed by atoms with Gasteiger partial charge in [-0.2, -0.15) is 13.2 Å². The van der Waals surface area contributed by atoms with Gasteiger partial charge in [-0.1, -0.05) is 24.6 Å². The zero-order chi connectivity index (χ0) is 34.9. The molecule has 14 heteroatoms. The lowest BCUT2D eigenvalue weighted by Crippen LogP contribution is -2.48. The topological polar surface area (TPSA) is 125 Å². The summed E-state index contributed by atoms with van der Waals surface area (Å²) in [5.74, 6) is -1.36. The molecule has 47 heavy (non-hydrogen) atoms. The van der Waals surface area contributed by atoms with Crippen molar-refractivity contribution in [3.05, 3.63) is 53.6 Å². The number of halogens is 3. The van der Waals surface area contributed by atoms with Crippen LogP contribution < -0.4 is 9.46 Å². The predicted octanol–water partition coefficient (Wildman–Crippen LogP) is 5.39. The van der Waals surface area contributed by atoms with E-state index in [0.717, 1.165) is 5.56 Å². The van der Waals surface area contributed by atoms with Crippen LogP contribution in [0.15, 0.2) is 47.4 Å². The van der Waals surface area contributed by atoms with E-state index < -0.39 is 58.9 Å². The number of carbonyl (C=O) groups is 2. The summed E-state index contributed by atoms with van der Waals surface area (Å²) >= 11 is 0. The van der Waals surface area contributed by atoms with Gasteiger partial charge in [0.05, 0.1) is 41.7 Å². The first kappa shape index (κ1) is 38.1. The number of aryl methyl sites for hydroxylation is 1. The molecule has 0 bridgehead atoms. The van der Waals surface area contributed by atoms with Crippen LogP contribution in [0, 0.1) is 12.8 Å². The second kappa shape index (κ2) is 16.6. The van der Waals surface area contributed by atoms with Crippen LogP contribution in [0.4, 0.5) is 18.9 Å². The van der Waals surface area contributed by atoms with E-state index in [2.05, 4.69) is 4.72 Å². The third-order valence-corrected chi connectivity index (χ3v) is 9.53. The van der Waals surface area contributed by atoms with E-state index in [4.69, 9.17) is 9.47 Å². The van der Waals surface area contributed by atoms with E-state index >= 15 is 0 Å². The molecule has 0 aromatic heterocycles. The number of aliphatic hydroxyl groups excluding tert-OH is 1. The maximum Gasteiger partial charge on any atom is 0.389 e. The molecule has 1 heterocycles. The number of carbonyl (C=O) groups excluding carboxylic acids is 2. The number of ether oxygens (including phenoxy) is 2. The van der Waals surface area contributed by atoms with Crippen LogP contribution in [0.2, 0.25) is 0 Å². The van der Waals surface area contributed by atoms with Crippen molar-refractivity contribution in [2.24, 2.45) is 5.92 Å². The van der Waals surface area contributed by atoms with Gasteiger partial charge in [-0.25, -0.2) is 8.42 Å². The summed E-state index contributed by atoms with van der Waals surface area (Å²) in [7, 11) is -2.56. The van der Waals surface area contributed by atoms with E-state index in [0.29, 0.717) is 25.9 Å². The fourth-order valence-electron chi connectivity index (χ4n) is 5.19. The van der Waals surface area contributed by atoms with Crippen molar-refractivity contribution in [1.82, 2.24) is 9.80 Å². The molecule has 2 aromatic carbocycles. The van der Waals surface area contributed by atoms with E-state index in [-0.39, 0.29) is 47.7 Å². The highest BCUT2D eigenvalue weighted by atomic mass is 32.2. The number of amides is 2. The van der Waals surface area contributed by atoms with Crippen LogP contribution >= 0.6 is 0 Å². The van der Waals surface area contributed by atoms with Crippen molar-refractivity contribution in [3.63, 3.8) is 0 Å². The molecule has 1 aliphatic rings. The molecule has 2 N–H and O–H groups in total. The lowest BCUT2D eigenvalue weighted by Gasteiger charge is -2.36. The Kier molecular flexibility index (Phi) is 13.5. The van der Waals surface area contributed by atoms with Gasteiger partial charge in [-0.3, -0.25) is 14.3 Å². The van der Waals surface area contributed by atoms with Gasteiger partial charge in [0.25, 0.3) is 15.9 Å². The van der Waals surface area contributed by atoms with Crippen molar-refractivity contribution < 1.29 is 45.8 Å². The number of sulfonamides is 1. The number of benzene rings is 2. The standard InChI is InChI=1S/C33H46F3N3O7S/c1-22-9-12-27(13-10-22)47(43,44)37-26-11-14-29-28(18-26)32(42)39(24(3)21-40)19-23(2)30(45-17-7-6-8-25(4)46-29)20-38(5)31(41)15-16-33(34,35)36/h9-14,18,23-25,30,37,40H,6-8,15-17,19-21H2,1-5H3/t23-,24-,25-,30+/m0/s1. The smallest absolute Gasteiger partial charge is 0.389 e. The lowest BCUT2D eigenvalue weighted by molar-refractivity contribution is -0.149. The Balaban J connectivity index is 1.95. The number of fused-ring (bicyclic) bond motifs is 1. The Morgan fingerprint density at radius 3 is 2.47 bits per heavy atom. The summed E-state index contributed by atoms with van der Waals surface area (Å²) in [6.45, 7) is 7.18. The summed E-state index contributed by atoms with van der Waals surface area (Å²) in [6.07, 6.45) is -5.31. The lowest BCUT2D eigenvalue weighted by atomic mass is 10.0. The molecule has 0 fully saturated rings. The third-order valence-electron chi connectivity index (χ3n) is 8.14. The SMILES string of the molecule is Cc1ccc(S(=O)(=O)Nc2ccc3c(c2)C(=O)N([C@@H](C)CO)C[C@H](C)[C@@H](CN(C)C(=O)CCC(F)(F)F)OCCCC[C@H](C)O3)cc1. The van der Waals surface area contributed by atoms with Crippen molar-refractivity contribution in [3.8, 4) is 5.75 Å². The summed E-state index contributed by atoms with van der Waals surface area (Å²) in [5.41, 5.74) is 1.12. The highest BCUT2D eigenvalue weighted by Gasteiger charge is 2.32. The summed E-state index contributed by atoms with van der Waals surface area (Å²) in [5, 5.41) is 10.1. The molecule has 2 amide bonds. The Morgan fingerprint density at radius 1 is 1.15 bits per heavy atom. The molecule has 0 spiro atoms. The minimum atomic E-state index is -4.46. The van der Waals surface area contributed by atoms with Gasteiger partial charge in [0.2, 0.25) is 5.91 Å². The monoisotopic (exact) mass is 685 g/mol. The largest absolute Gasteiger partial charge is 0.490 e. The molecule has 0 saturated carbocycles. The Bertz CT molecular complexity index is 1450. The number of hydrogen-bond acceptors (Lipinski definition) is 7. The van der Waals surface area contributed by atoms with Crippen molar-refractivity contribution in [1.29, 1.82) is 0 Å². The van der Waals surface area contributed by atoms with Gasteiger partial charge < -0.3 is 24.4 Å². The first-order valence-electron chi connectivity index (χ1n) is 15.7. The van der Waals surface area contributed by atoms with Gasteiger partial charge in [-0.15, -0.1) is 0 Å². The Labute approximate surface area is 275 Å². The van der Waals surface area contributed by atoms with E-state index in [1.807, 2.05) is 13.8 Å². The van der Waals surface area contributed by atoms with Crippen LogP contribution in [0.25, 0.3) is 0 Å². The van der Waals surface area contributed by atoms with Crippen LogP contribution in [0.3, 0.4) is 0 Å². The quantitative estimate of drug-likeness (QED) is 0.363. The Morgan fingerprint density at radius 2 is 1.83 bits per heavy atom. The van der Waals surface area contributed by atoms with Crippen LogP contribution in [-0.4, -0.2) is 92.9 Å². The zero-order valence-corrected chi connectivity index (χ0v) is 28.4. The molecule has 2 aromatic rings. The minimum Gasteiger partial charge on any atom is -0.490 e. The number of nitrogens with zero attached hydrogens (tertiary/aromatic N) is 2. The summed E-state index contributed by atoms with van der Waals surface area (Å²) in [4.78, 5) is 29.5. The number of alkyl halides is 3. The number of hydrogen-bond donors (Lipinski definition) is 2. The molecule has 4 atom stereocenters. The average molecular weight is 686 g/mol. The average Bonchev–Trinajstić information content (AvgIpc) is 3.00. The van der Waals surface area contributed by atoms with Gasteiger partial charge in [-0.05, 0) is 70.4 Å². The zero-order valence-electron chi connectivity index (χ0n) is 27.5. The second-order valence-electron chi connectivity index (χ2n) is 12.3. The maximum absolute atomic E-state index is 14.2. The molecule has 0 aliphatic carbocycles. The molecule has 0 radical (unpaired) electrons. The summed E-state index contributed by atoms with van der Waals surface area (Å²) < 4.78 is 79.4. The van der Waals surface area contributed by atoms with Gasteiger partial charge >= 0.3 is 6.18 Å². The number of anilines is 1. The first-order chi connectivity index (χ1) is 22.0. The van der Waals surface area contributed by atoms with Crippen LogP contribution in [0.5, 0.6) is 5.75 Å². The molecular formula is C33H46F3N3O7S. The minimum absolute atomic E-state index is 0.00837. The molecular weight excluding hydrogens is 639 g/mol. The second-order valence-corrected chi connectivity index (χ2v) is 14.0. The normalized spacial score (nSPS) is 20.8. The maximum atomic E-state index is 14.2. The fraction of sp³-hybridized carbons (Fsp3) is 0.576. The number of nitrogens with one attached hydrogen (secondary N) is 1. The van der Waals surface area contributed by atoms with Crippen molar-refractivity contribution >= 4 is 27.5 Å². The molecule has 0 unspecified atom stereocenters. The Hall–Kier alpha value is -3.36. The summed E-state index contributed by atoms with van der Waals surface area (Å²) in [6, 6.07) is 10.1. The van der Waals surface area contributed by atoms with Crippen LogP contribution in [0.1, 0.15) is 68.8 Å². The van der Waals surface area contributed by atoms with Crippen LogP contribution in [-0.2, 0) is 19.6 Å². The fourth-order valence-corrected chi connectivity index (χ4v) is 6.24.